The third-order valence-corrected chi connectivity index (χ3v) is 2.40. The quantitative estimate of drug-likeness (QED) is 0.735. The summed E-state index contributed by atoms with van der Waals surface area (Å²) in [4.78, 5) is 22.0. The molecule has 6 nitrogen and oxygen atoms in total. The van der Waals surface area contributed by atoms with Crippen LogP contribution in [0.25, 0.3) is 0 Å². The highest BCUT2D eigenvalue weighted by Crippen LogP contribution is 2.11. The summed E-state index contributed by atoms with van der Waals surface area (Å²) in [5.41, 5.74) is 6.07. The van der Waals surface area contributed by atoms with Crippen molar-refractivity contribution in [2.24, 2.45) is 0 Å². The number of imidazole rings is 1. The van der Waals surface area contributed by atoms with Gasteiger partial charge in [0.05, 0.1) is 11.9 Å². The van der Waals surface area contributed by atoms with Crippen molar-refractivity contribution in [3.63, 3.8) is 0 Å². The number of aromatic nitrogens is 3. The minimum atomic E-state index is -0.795. The number of halogens is 1. The summed E-state index contributed by atoms with van der Waals surface area (Å²) in [5, 5.41) is 2.60. The number of carbonyl (C=O) groups excluding carboxylic acids is 1. The molecule has 2 aromatic rings. The number of rotatable bonds is 4. The van der Waals surface area contributed by atoms with Gasteiger partial charge in [0.2, 0.25) is 0 Å². The van der Waals surface area contributed by atoms with E-state index in [1.54, 1.807) is 12.5 Å². The average Bonchev–Trinajstić information content (AvgIpc) is 2.85. The van der Waals surface area contributed by atoms with Crippen molar-refractivity contribution in [3.05, 3.63) is 41.9 Å². The highest BCUT2D eigenvalue weighted by atomic mass is 19.1. The molecule has 0 aromatic carbocycles. The molecule has 18 heavy (non-hydrogen) atoms. The van der Waals surface area contributed by atoms with Gasteiger partial charge in [-0.3, -0.25) is 4.79 Å². The van der Waals surface area contributed by atoms with Crippen molar-refractivity contribution in [3.8, 4) is 0 Å². The zero-order valence-corrected chi connectivity index (χ0v) is 9.48. The SMILES string of the molecule is Nc1nccc(C(=O)NCCc2cnc[nH]2)c1F. The summed E-state index contributed by atoms with van der Waals surface area (Å²) < 4.78 is 13.5. The highest BCUT2D eigenvalue weighted by molar-refractivity contribution is 5.95. The molecule has 0 aliphatic rings. The molecule has 2 heterocycles. The van der Waals surface area contributed by atoms with Gasteiger partial charge in [-0.15, -0.1) is 0 Å². The van der Waals surface area contributed by atoms with Gasteiger partial charge >= 0.3 is 0 Å². The van der Waals surface area contributed by atoms with E-state index >= 15 is 0 Å². The van der Waals surface area contributed by atoms with E-state index in [4.69, 9.17) is 5.73 Å². The lowest BCUT2D eigenvalue weighted by molar-refractivity contribution is 0.0950. The number of hydrogen-bond donors (Lipinski definition) is 3. The first-order valence-corrected chi connectivity index (χ1v) is 5.34. The van der Waals surface area contributed by atoms with Crippen molar-refractivity contribution >= 4 is 11.7 Å². The maximum Gasteiger partial charge on any atom is 0.254 e. The van der Waals surface area contributed by atoms with E-state index in [1.807, 2.05) is 0 Å². The number of carbonyl (C=O) groups is 1. The predicted molar refractivity (Wildman–Crippen MR) is 63.2 cm³/mol. The monoisotopic (exact) mass is 249 g/mol. The molecular formula is C11H12FN5O. The Morgan fingerprint density at radius 3 is 3.11 bits per heavy atom. The number of pyridine rings is 1. The van der Waals surface area contributed by atoms with Gasteiger partial charge in [0.1, 0.15) is 0 Å². The molecule has 1 amide bonds. The van der Waals surface area contributed by atoms with Crippen LogP contribution in [0.5, 0.6) is 0 Å². The average molecular weight is 249 g/mol. The first kappa shape index (κ1) is 12.0. The van der Waals surface area contributed by atoms with Crippen LogP contribution in [0.15, 0.2) is 24.8 Å². The third kappa shape index (κ3) is 2.62. The van der Waals surface area contributed by atoms with Crippen LogP contribution < -0.4 is 11.1 Å². The van der Waals surface area contributed by atoms with Crippen molar-refractivity contribution in [2.75, 3.05) is 12.3 Å². The van der Waals surface area contributed by atoms with Crippen molar-refractivity contribution < 1.29 is 9.18 Å². The van der Waals surface area contributed by atoms with E-state index in [0.717, 1.165) is 5.69 Å². The van der Waals surface area contributed by atoms with Crippen LogP contribution in [0.1, 0.15) is 16.1 Å². The molecular weight excluding hydrogens is 237 g/mol. The van der Waals surface area contributed by atoms with Crippen molar-refractivity contribution in [2.45, 2.75) is 6.42 Å². The zero-order chi connectivity index (χ0) is 13.0. The molecule has 2 aromatic heterocycles. The molecule has 0 bridgehead atoms. The largest absolute Gasteiger partial charge is 0.381 e. The van der Waals surface area contributed by atoms with E-state index in [1.165, 1.54) is 12.3 Å². The number of hydrogen-bond acceptors (Lipinski definition) is 4. The van der Waals surface area contributed by atoms with Crippen LogP contribution in [-0.2, 0) is 6.42 Å². The second kappa shape index (κ2) is 5.26. The first-order chi connectivity index (χ1) is 8.68. The van der Waals surface area contributed by atoms with Crippen LogP contribution in [-0.4, -0.2) is 27.4 Å². The molecule has 4 N–H and O–H groups in total. The minimum Gasteiger partial charge on any atom is -0.381 e. The summed E-state index contributed by atoms with van der Waals surface area (Å²) in [5.74, 6) is -1.59. The van der Waals surface area contributed by atoms with Crippen LogP contribution >= 0.6 is 0 Å². The molecule has 7 heteroatoms. The summed E-state index contributed by atoms with van der Waals surface area (Å²) in [7, 11) is 0. The zero-order valence-electron chi connectivity index (χ0n) is 9.48. The summed E-state index contributed by atoms with van der Waals surface area (Å²) in [6.45, 7) is 0.378. The number of aromatic amines is 1. The first-order valence-electron chi connectivity index (χ1n) is 5.34. The van der Waals surface area contributed by atoms with Crippen LogP contribution in [0, 0.1) is 5.82 Å². The Balaban J connectivity index is 1.93. The molecule has 0 radical (unpaired) electrons. The Hall–Kier alpha value is -2.44. The van der Waals surface area contributed by atoms with Gasteiger partial charge in [0, 0.05) is 31.1 Å². The second-order valence-corrected chi connectivity index (χ2v) is 3.64. The van der Waals surface area contributed by atoms with Gasteiger partial charge in [0.15, 0.2) is 11.6 Å². The van der Waals surface area contributed by atoms with Gasteiger partial charge in [-0.1, -0.05) is 0 Å². The molecule has 94 valence electrons. The van der Waals surface area contributed by atoms with E-state index in [-0.39, 0.29) is 11.4 Å². The van der Waals surface area contributed by atoms with Gasteiger partial charge in [0.25, 0.3) is 5.91 Å². The minimum absolute atomic E-state index is 0.105. The molecule has 2 rings (SSSR count). The molecule has 0 atom stereocenters. The van der Waals surface area contributed by atoms with Gasteiger partial charge in [-0.05, 0) is 6.07 Å². The lowest BCUT2D eigenvalue weighted by Gasteiger charge is -2.06. The number of nitrogens with one attached hydrogen (secondary N) is 2. The van der Waals surface area contributed by atoms with E-state index in [2.05, 4.69) is 20.3 Å². The Kier molecular flexibility index (Phi) is 3.52. The molecule has 0 saturated carbocycles. The normalized spacial score (nSPS) is 10.3. The number of anilines is 1. The fourth-order valence-electron chi connectivity index (χ4n) is 1.46. The predicted octanol–water partition coefficient (Wildman–Crippen LogP) is 0.498. The fourth-order valence-corrected chi connectivity index (χ4v) is 1.46. The highest BCUT2D eigenvalue weighted by Gasteiger charge is 2.13. The standard InChI is InChI=1S/C11H12FN5O/c12-9-8(2-4-15-10(9)13)11(18)16-3-1-7-5-14-6-17-7/h2,4-6H,1,3H2,(H2,13,15)(H,14,17)(H,16,18). The van der Waals surface area contributed by atoms with E-state index in [9.17, 15) is 9.18 Å². The summed E-state index contributed by atoms with van der Waals surface area (Å²) >= 11 is 0. The topological polar surface area (TPSA) is 96.7 Å². The lowest BCUT2D eigenvalue weighted by Crippen LogP contribution is -2.27. The smallest absolute Gasteiger partial charge is 0.254 e. The number of amides is 1. The Morgan fingerprint density at radius 2 is 2.39 bits per heavy atom. The van der Waals surface area contributed by atoms with Crippen LogP contribution in [0.2, 0.25) is 0 Å². The fraction of sp³-hybridized carbons (Fsp3) is 0.182. The third-order valence-electron chi connectivity index (χ3n) is 2.40. The maximum atomic E-state index is 13.5. The number of H-pyrrole nitrogens is 1. The Morgan fingerprint density at radius 1 is 1.56 bits per heavy atom. The molecule has 0 saturated heterocycles. The number of nitrogens with zero attached hydrogens (tertiary/aromatic N) is 2. The lowest BCUT2D eigenvalue weighted by atomic mass is 10.2. The van der Waals surface area contributed by atoms with Crippen molar-refractivity contribution in [1.82, 2.24) is 20.3 Å². The van der Waals surface area contributed by atoms with Crippen LogP contribution in [0.4, 0.5) is 10.2 Å². The van der Waals surface area contributed by atoms with Gasteiger partial charge < -0.3 is 16.0 Å². The van der Waals surface area contributed by atoms with E-state index < -0.39 is 11.7 Å². The van der Waals surface area contributed by atoms with E-state index in [0.29, 0.717) is 13.0 Å². The van der Waals surface area contributed by atoms with Gasteiger partial charge in [-0.2, -0.15) is 0 Å². The summed E-state index contributed by atoms with van der Waals surface area (Å²) in [6, 6.07) is 1.29. The second-order valence-electron chi connectivity index (χ2n) is 3.64. The van der Waals surface area contributed by atoms with Crippen molar-refractivity contribution in [1.29, 1.82) is 0 Å². The molecule has 0 unspecified atom stereocenters. The Bertz CT molecular complexity index is 540. The van der Waals surface area contributed by atoms with Crippen LogP contribution in [0.3, 0.4) is 0 Å². The molecule has 0 fully saturated rings. The molecule has 0 aliphatic carbocycles. The maximum absolute atomic E-state index is 13.5. The summed E-state index contributed by atoms with van der Waals surface area (Å²) in [6.07, 6.45) is 5.10. The molecule has 0 aliphatic heterocycles. The van der Waals surface area contributed by atoms with Gasteiger partial charge in [-0.25, -0.2) is 14.4 Å². The molecule has 0 spiro atoms. The Labute approximate surface area is 102 Å². The number of nitrogen functional groups attached to an aromatic ring is 1. The number of nitrogens with two attached hydrogens (primary N) is 1.